The fraction of sp³-hybridized carbons (Fsp3) is 0.769. The van der Waals surface area contributed by atoms with Crippen LogP contribution in [0.2, 0.25) is 0 Å². The van der Waals surface area contributed by atoms with E-state index in [9.17, 15) is 0 Å². The number of rotatable bonds is 3. The Bertz CT molecular complexity index is 334. The predicted molar refractivity (Wildman–Crippen MR) is 69.8 cm³/mol. The predicted octanol–water partition coefficient (Wildman–Crippen LogP) is 3.68. The van der Waals surface area contributed by atoms with Crippen LogP contribution in [0.1, 0.15) is 55.5 Å². The highest BCUT2D eigenvalue weighted by Crippen LogP contribution is 2.27. The minimum atomic E-state index is 0.407. The van der Waals surface area contributed by atoms with E-state index in [1.165, 1.54) is 35.6 Å². The Morgan fingerprint density at radius 2 is 2.19 bits per heavy atom. The molecule has 0 aliphatic heterocycles. The minimum absolute atomic E-state index is 0.407. The Morgan fingerprint density at radius 3 is 2.81 bits per heavy atom. The molecule has 1 aliphatic carbocycles. The Morgan fingerprint density at radius 1 is 1.44 bits per heavy atom. The second-order valence-corrected chi connectivity index (χ2v) is 6.33. The molecule has 3 unspecified atom stereocenters. The van der Waals surface area contributed by atoms with Crippen LogP contribution < -0.4 is 5.32 Å². The summed E-state index contributed by atoms with van der Waals surface area (Å²) in [4.78, 5) is 5.77. The van der Waals surface area contributed by atoms with E-state index in [0.717, 1.165) is 5.92 Å². The maximum absolute atomic E-state index is 4.46. The van der Waals surface area contributed by atoms with Crippen molar-refractivity contribution in [3.63, 3.8) is 0 Å². The van der Waals surface area contributed by atoms with Crippen LogP contribution in [0.15, 0.2) is 6.20 Å². The lowest BCUT2D eigenvalue weighted by atomic mass is 9.85. The molecule has 16 heavy (non-hydrogen) atoms. The fourth-order valence-corrected chi connectivity index (χ4v) is 3.31. The second-order valence-electron chi connectivity index (χ2n) is 5.07. The van der Waals surface area contributed by atoms with Crippen molar-refractivity contribution in [3.05, 3.63) is 16.1 Å². The molecule has 2 rings (SSSR count). The van der Waals surface area contributed by atoms with Gasteiger partial charge in [-0.15, -0.1) is 11.3 Å². The normalized spacial score (nSPS) is 27.9. The number of nitrogens with zero attached hydrogens (tertiary/aromatic N) is 1. The van der Waals surface area contributed by atoms with Crippen molar-refractivity contribution in [3.8, 4) is 0 Å². The Hall–Kier alpha value is -0.410. The molecule has 90 valence electrons. The zero-order chi connectivity index (χ0) is 11.5. The molecule has 1 aromatic heterocycles. The van der Waals surface area contributed by atoms with Crippen molar-refractivity contribution >= 4 is 11.3 Å². The molecule has 0 spiro atoms. The van der Waals surface area contributed by atoms with Crippen molar-refractivity contribution in [2.24, 2.45) is 5.92 Å². The first-order chi connectivity index (χ1) is 7.66. The lowest BCUT2D eigenvalue weighted by molar-refractivity contribution is 0.263. The van der Waals surface area contributed by atoms with Gasteiger partial charge in [0.1, 0.15) is 5.01 Å². The average molecular weight is 238 g/mol. The minimum Gasteiger partial charge on any atom is -0.305 e. The van der Waals surface area contributed by atoms with Gasteiger partial charge in [0.25, 0.3) is 0 Å². The van der Waals surface area contributed by atoms with E-state index < -0.39 is 0 Å². The van der Waals surface area contributed by atoms with E-state index in [0.29, 0.717) is 12.1 Å². The molecular weight excluding hydrogens is 216 g/mol. The first kappa shape index (κ1) is 12.1. The molecule has 0 radical (unpaired) electrons. The smallest absolute Gasteiger partial charge is 0.109 e. The second kappa shape index (κ2) is 5.28. The summed E-state index contributed by atoms with van der Waals surface area (Å²) in [5, 5.41) is 4.98. The van der Waals surface area contributed by atoms with Crippen LogP contribution in [0.4, 0.5) is 0 Å². The highest BCUT2D eigenvalue weighted by molar-refractivity contribution is 7.11. The number of aryl methyl sites for hydroxylation is 1. The molecule has 0 amide bonds. The number of aromatic nitrogens is 1. The van der Waals surface area contributed by atoms with Gasteiger partial charge in [-0.25, -0.2) is 4.98 Å². The lowest BCUT2D eigenvalue weighted by Gasteiger charge is -2.31. The summed E-state index contributed by atoms with van der Waals surface area (Å²) >= 11 is 1.81. The van der Waals surface area contributed by atoms with Crippen molar-refractivity contribution in [1.82, 2.24) is 10.3 Å². The molecule has 0 aromatic carbocycles. The van der Waals surface area contributed by atoms with Crippen molar-refractivity contribution in [2.45, 2.75) is 58.5 Å². The summed E-state index contributed by atoms with van der Waals surface area (Å²) in [6.07, 6.45) is 7.47. The van der Waals surface area contributed by atoms with Gasteiger partial charge in [0.05, 0.1) is 6.04 Å². The zero-order valence-corrected chi connectivity index (χ0v) is 11.3. The number of hydrogen-bond acceptors (Lipinski definition) is 3. The quantitative estimate of drug-likeness (QED) is 0.869. The molecule has 1 heterocycles. The molecule has 0 saturated heterocycles. The van der Waals surface area contributed by atoms with E-state index in [1.807, 2.05) is 17.5 Å². The van der Waals surface area contributed by atoms with E-state index in [1.54, 1.807) is 0 Å². The highest BCUT2D eigenvalue weighted by Gasteiger charge is 2.23. The van der Waals surface area contributed by atoms with Crippen LogP contribution >= 0.6 is 11.3 Å². The van der Waals surface area contributed by atoms with E-state index >= 15 is 0 Å². The van der Waals surface area contributed by atoms with Gasteiger partial charge in [-0.2, -0.15) is 0 Å². The van der Waals surface area contributed by atoms with Gasteiger partial charge < -0.3 is 5.32 Å². The van der Waals surface area contributed by atoms with Gasteiger partial charge in [-0.05, 0) is 32.6 Å². The summed E-state index contributed by atoms with van der Waals surface area (Å²) in [6, 6.07) is 1.09. The van der Waals surface area contributed by atoms with Gasteiger partial charge in [0, 0.05) is 17.1 Å². The molecule has 3 heteroatoms. The Kier molecular flexibility index (Phi) is 3.98. The molecule has 1 N–H and O–H groups in total. The van der Waals surface area contributed by atoms with Crippen LogP contribution in [0.3, 0.4) is 0 Å². The summed E-state index contributed by atoms with van der Waals surface area (Å²) in [6.45, 7) is 6.73. The molecule has 1 fully saturated rings. The fourth-order valence-electron chi connectivity index (χ4n) is 2.53. The number of nitrogens with one attached hydrogen (secondary N) is 1. The van der Waals surface area contributed by atoms with Crippen molar-refractivity contribution in [2.75, 3.05) is 0 Å². The molecule has 0 bridgehead atoms. The van der Waals surface area contributed by atoms with E-state index in [4.69, 9.17) is 0 Å². The Balaban J connectivity index is 1.93. The average Bonchev–Trinajstić information content (AvgIpc) is 2.68. The molecule has 2 nitrogen and oxygen atoms in total. The number of hydrogen-bond donors (Lipinski definition) is 1. The highest BCUT2D eigenvalue weighted by atomic mass is 32.1. The Labute approximate surface area is 102 Å². The third-order valence-corrected chi connectivity index (χ3v) is 4.68. The summed E-state index contributed by atoms with van der Waals surface area (Å²) in [7, 11) is 0. The van der Waals surface area contributed by atoms with Crippen molar-refractivity contribution in [1.29, 1.82) is 0 Å². The molecule has 1 aliphatic rings. The molecule has 3 atom stereocenters. The van der Waals surface area contributed by atoms with Crippen LogP contribution in [0.5, 0.6) is 0 Å². The third kappa shape index (κ3) is 2.83. The first-order valence-corrected chi connectivity index (χ1v) is 7.17. The largest absolute Gasteiger partial charge is 0.305 e. The van der Waals surface area contributed by atoms with Gasteiger partial charge in [0.2, 0.25) is 0 Å². The van der Waals surface area contributed by atoms with Crippen LogP contribution in [0, 0.1) is 12.8 Å². The molecule has 1 aromatic rings. The summed E-state index contributed by atoms with van der Waals surface area (Å²) < 4.78 is 0. The van der Waals surface area contributed by atoms with Crippen LogP contribution in [0.25, 0.3) is 0 Å². The van der Waals surface area contributed by atoms with Crippen molar-refractivity contribution < 1.29 is 0 Å². The maximum Gasteiger partial charge on any atom is 0.109 e. The van der Waals surface area contributed by atoms with E-state index in [2.05, 4.69) is 31.1 Å². The monoisotopic (exact) mass is 238 g/mol. The summed E-state index contributed by atoms with van der Waals surface area (Å²) in [5.74, 6) is 0.817. The standard InChI is InChI=1S/C13H22N2S/c1-9-6-4-5-7-12(9)15-11(3)13-14-8-10(2)16-13/h8-9,11-12,15H,4-7H2,1-3H3. The molecular formula is C13H22N2S. The van der Waals surface area contributed by atoms with Gasteiger partial charge in [-0.3, -0.25) is 0 Å². The van der Waals surface area contributed by atoms with Crippen LogP contribution in [-0.4, -0.2) is 11.0 Å². The number of thiazole rings is 1. The first-order valence-electron chi connectivity index (χ1n) is 6.35. The van der Waals surface area contributed by atoms with Crippen LogP contribution in [-0.2, 0) is 0 Å². The topological polar surface area (TPSA) is 24.9 Å². The van der Waals surface area contributed by atoms with Gasteiger partial charge >= 0.3 is 0 Å². The SMILES string of the molecule is Cc1cnc(C(C)NC2CCCCC2C)s1. The van der Waals surface area contributed by atoms with Gasteiger partial charge in [0.15, 0.2) is 0 Å². The third-order valence-electron chi connectivity index (χ3n) is 3.59. The maximum atomic E-state index is 4.46. The summed E-state index contributed by atoms with van der Waals surface area (Å²) in [5.41, 5.74) is 0. The van der Waals surface area contributed by atoms with Gasteiger partial charge in [-0.1, -0.05) is 19.8 Å². The molecule has 1 saturated carbocycles. The lowest BCUT2D eigenvalue weighted by Crippen LogP contribution is -2.38. The van der Waals surface area contributed by atoms with E-state index in [-0.39, 0.29) is 0 Å². The zero-order valence-electron chi connectivity index (χ0n) is 10.5.